The molecule has 1 unspecified atom stereocenters. The van der Waals surface area contributed by atoms with Gasteiger partial charge in [0.1, 0.15) is 49.2 Å². The SMILES string of the molecule is Cc1c(COc2cc(OCc3cncc(C#N)c3)c(CNC(C)C(=O)O)cc2Cl)cccc1-c1cccc(-c2ccc(OCCNCCO)cc2)c1C. The van der Waals surface area contributed by atoms with Crippen molar-refractivity contribution in [1.29, 1.82) is 5.26 Å². The molecule has 4 aromatic carbocycles. The van der Waals surface area contributed by atoms with Gasteiger partial charge in [0.15, 0.2) is 0 Å². The van der Waals surface area contributed by atoms with Crippen LogP contribution in [0.3, 0.4) is 0 Å². The Kier molecular flexibility index (Phi) is 13.8. The molecule has 0 bridgehead atoms. The fourth-order valence-electron chi connectivity index (χ4n) is 5.80. The van der Waals surface area contributed by atoms with E-state index in [1.165, 1.54) is 6.20 Å². The minimum absolute atomic E-state index is 0.101. The first-order valence-electron chi connectivity index (χ1n) is 17.3. The molecule has 1 aromatic heterocycles. The topological polar surface area (TPSA) is 146 Å². The Morgan fingerprint density at radius 1 is 0.868 bits per heavy atom. The number of hydrogen-bond donors (Lipinski definition) is 4. The molecule has 1 atom stereocenters. The predicted molar refractivity (Wildman–Crippen MR) is 205 cm³/mol. The summed E-state index contributed by atoms with van der Waals surface area (Å²) in [7, 11) is 0. The maximum Gasteiger partial charge on any atom is 0.320 e. The van der Waals surface area contributed by atoms with E-state index in [0.717, 1.165) is 44.7 Å². The lowest BCUT2D eigenvalue weighted by Crippen LogP contribution is -2.33. The molecular weight excluding hydrogens is 692 g/mol. The zero-order chi connectivity index (χ0) is 37.7. The maximum atomic E-state index is 11.4. The summed E-state index contributed by atoms with van der Waals surface area (Å²) in [5, 5.41) is 34.0. The molecule has 0 spiro atoms. The average Bonchev–Trinajstić information content (AvgIpc) is 3.17. The van der Waals surface area contributed by atoms with E-state index < -0.39 is 12.0 Å². The van der Waals surface area contributed by atoms with E-state index in [1.54, 1.807) is 31.3 Å². The number of nitriles is 1. The summed E-state index contributed by atoms with van der Waals surface area (Å²) in [6, 6.07) is 27.0. The second kappa shape index (κ2) is 18.9. The molecule has 0 aliphatic carbocycles. The molecule has 0 amide bonds. The number of nitrogens with one attached hydrogen (secondary N) is 2. The van der Waals surface area contributed by atoms with Gasteiger partial charge in [0.25, 0.3) is 0 Å². The summed E-state index contributed by atoms with van der Waals surface area (Å²) in [5.41, 5.74) is 9.42. The number of aliphatic carboxylic acids is 1. The van der Waals surface area contributed by atoms with Gasteiger partial charge in [-0.3, -0.25) is 9.78 Å². The first-order chi connectivity index (χ1) is 25.7. The van der Waals surface area contributed by atoms with Crippen LogP contribution < -0.4 is 24.8 Å². The quantitative estimate of drug-likeness (QED) is 0.0680. The Bertz CT molecular complexity index is 2060. The van der Waals surface area contributed by atoms with Gasteiger partial charge in [-0.25, -0.2) is 0 Å². The minimum atomic E-state index is -0.975. The van der Waals surface area contributed by atoms with Gasteiger partial charge in [-0.2, -0.15) is 5.26 Å². The van der Waals surface area contributed by atoms with Gasteiger partial charge in [0.05, 0.1) is 17.2 Å². The molecule has 4 N–H and O–H groups in total. The van der Waals surface area contributed by atoms with Crippen LogP contribution in [-0.2, 0) is 24.6 Å². The van der Waals surface area contributed by atoms with Gasteiger partial charge in [0.2, 0.25) is 0 Å². The standard InChI is InChI=1S/C42H43ClN4O6/c1-27-33(6-4-8-37(27)38-9-5-7-36(28(38)2)32-10-12-35(13-11-32)51-17-15-45-14-16-48)26-53-41-20-40(52-25-31-18-30(21-44)22-46-23-31)34(19-39(41)43)24-47-29(3)42(49)50/h4-13,18-20,22-23,29,45,47-48H,14-17,24-26H2,1-3H3,(H,49,50). The number of aromatic nitrogens is 1. The van der Waals surface area contributed by atoms with Gasteiger partial charge in [-0.1, -0.05) is 60.1 Å². The molecule has 274 valence electrons. The number of ether oxygens (including phenoxy) is 3. The average molecular weight is 735 g/mol. The third-order valence-electron chi connectivity index (χ3n) is 8.86. The van der Waals surface area contributed by atoms with E-state index in [9.17, 15) is 15.2 Å². The zero-order valence-electron chi connectivity index (χ0n) is 30.0. The molecular formula is C42H43ClN4O6. The molecule has 1 heterocycles. The molecule has 0 fully saturated rings. The van der Waals surface area contributed by atoms with Gasteiger partial charge in [-0.15, -0.1) is 0 Å². The van der Waals surface area contributed by atoms with Crippen LogP contribution in [0.2, 0.25) is 5.02 Å². The van der Waals surface area contributed by atoms with Crippen molar-refractivity contribution in [3.8, 4) is 45.6 Å². The van der Waals surface area contributed by atoms with Gasteiger partial charge >= 0.3 is 5.97 Å². The van der Waals surface area contributed by atoms with Crippen LogP contribution in [0.4, 0.5) is 0 Å². The van der Waals surface area contributed by atoms with Crippen LogP contribution in [0.5, 0.6) is 17.2 Å². The molecule has 5 rings (SSSR count). The lowest BCUT2D eigenvalue weighted by molar-refractivity contribution is -0.139. The monoisotopic (exact) mass is 734 g/mol. The van der Waals surface area contributed by atoms with Gasteiger partial charge in [0, 0.05) is 49.2 Å². The maximum absolute atomic E-state index is 11.4. The number of halogens is 1. The van der Waals surface area contributed by atoms with Crippen molar-refractivity contribution in [3.63, 3.8) is 0 Å². The number of aliphatic hydroxyl groups excluding tert-OH is 1. The molecule has 11 heteroatoms. The van der Waals surface area contributed by atoms with Crippen LogP contribution >= 0.6 is 11.6 Å². The Labute approximate surface area is 315 Å². The molecule has 5 aromatic rings. The Hall–Kier alpha value is -5.44. The summed E-state index contributed by atoms with van der Waals surface area (Å²) in [5.74, 6) is 0.691. The van der Waals surface area contributed by atoms with E-state index in [-0.39, 0.29) is 26.4 Å². The summed E-state index contributed by atoms with van der Waals surface area (Å²) < 4.78 is 18.3. The summed E-state index contributed by atoms with van der Waals surface area (Å²) >= 11 is 6.73. The zero-order valence-corrected chi connectivity index (χ0v) is 30.7. The number of carbonyl (C=O) groups is 1. The van der Waals surface area contributed by atoms with Crippen molar-refractivity contribution in [2.45, 2.75) is 46.6 Å². The molecule has 0 radical (unpaired) electrons. The number of carboxylic acids is 1. The highest BCUT2D eigenvalue weighted by Crippen LogP contribution is 2.37. The van der Waals surface area contributed by atoms with Crippen LogP contribution in [-0.4, -0.2) is 53.5 Å². The fraction of sp³-hybridized carbons (Fsp3) is 0.262. The summed E-state index contributed by atoms with van der Waals surface area (Å²) in [6.07, 6.45) is 3.10. The molecule has 0 aliphatic heterocycles. The number of benzene rings is 4. The summed E-state index contributed by atoms with van der Waals surface area (Å²) in [4.78, 5) is 15.5. The van der Waals surface area contributed by atoms with Crippen molar-refractivity contribution in [2.24, 2.45) is 0 Å². The van der Waals surface area contributed by atoms with Gasteiger partial charge in [-0.05, 0) is 84.0 Å². The fourth-order valence-corrected chi connectivity index (χ4v) is 6.04. The normalized spacial score (nSPS) is 11.5. The Balaban J connectivity index is 1.34. The third-order valence-corrected chi connectivity index (χ3v) is 9.15. The second-order valence-corrected chi connectivity index (χ2v) is 12.9. The number of carboxylic acid groups (broad SMARTS) is 1. The van der Waals surface area contributed by atoms with Crippen molar-refractivity contribution in [2.75, 3.05) is 26.3 Å². The lowest BCUT2D eigenvalue weighted by Gasteiger charge is -2.19. The number of nitrogens with zero attached hydrogens (tertiary/aromatic N) is 2. The first kappa shape index (κ1) is 38.8. The van der Waals surface area contributed by atoms with Crippen LogP contribution in [0.1, 0.15) is 40.3 Å². The predicted octanol–water partition coefficient (Wildman–Crippen LogP) is 7.24. The number of hydrogen-bond acceptors (Lipinski definition) is 9. The molecule has 0 saturated heterocycles. The largest absolute Gasteiger partial charge is 0.492 e. The van der Waals surface area contributed by atoms with Crippen molar-refractivity contribution in [1.82, 2.24) is 15.6 Å². The number of pyridine rings is 1. The van der Waals surface area contributed by atoms with E-state index in [2.05, 4.69) is 71.9 Å². The Morgan fingerprint density at radius 2 is 1.58 bits per heavy atom. The highest BCUT2D eigenvalue weighted by molar-refractivity contribution is 6.32. The third kappa shape index (κ3) is 10.3. The van der Waals surface area contributed by atoms with Crippen molar-refractivity contribution in [3.05, 3.63) is 130 Å². The highest BCUT2D eigenvalue weighted by Gasteiger charge is 2.17. The van der Waals surface area contributed by atoms with E-state index in [0.29, 0.717) is 52.9 Å². The van der Waals surface area contributed by atoms with E-state index in [1.807, 2.05) is 24.3 Å². The minimum Gasteiger partial charge on any atom is -0.492 e. The van der Waals surface area contributed by atoms with Gasteiger partial charge < -0.3 is 35.1 Å². The molecule has 53 heavy (non-hydrogen) atoms. The van der Waals surface area contributed by atoms with Crippen molar-refractivity contribution < 1.29 is 29.2 Å². The van der Waals surface area contributed by atoms with E-state index >= 15 is 0 Å². The molecule has 0 aliphatic rings. The van der Waals surface area contributed by atoms with Crippen LogP contribution in [0.25, 0.3) is 22.3 Å². The number of aliphatic hydroxyl groups is 1. The van der Waals surface area contributed by atoms with Crippen molar-refractivity contribution >= 4 is 17.6 Å². The summed E-state index contributed by atoms with van der Waals surface area (Å²) in [6.45, 7) is 8.17. The van der Waals surface area contributed by atoms with Crippen LogP contribution in [0.15, 0.2) is 91.3 Å². The smallest absolute Gasteiger partial charge is 0.320 e. The molecule has 0 saturated carbocycles. The van der Waals surface area contributed by atoms with E-state index in [4.69, 9.17) is 30.9 Å². The first-order valence-corrected chi connectivity index (χ1v) is 17.7. The van der Waals surface area contributed by atoms with Crippen LogP contribution in [0, 0.1) is 25.2 Å². The number of rotatable bonds is 18. The Morgan fingerprint density at radius 3 is 2.32 bits per heavy atom. The highest BCUT2D eigenvalue weighted by atomic mass is 35.5. The lowest BCUT2D eigenvalue weighted by atomic mass is 9.89. The molecule has 10 nitrogen and oxygen atoms in total. The second-order valence-electron chi connectivity index (χ2n) is 12.5.